The van der Waals surface area contributed by atoms with Crippen molar-refractivity contribution >= 4 is 5.97 Å². The van der Waals surface area contributed by atoms with E-state index in [0.717, 1.165) is 29.7 Å². The van der Waals surface area contributed by atoms with E-state index in [4.69, 9.17) is 0 Å². The molecule has 0 unspecified atom stereocenters. The van der Waals surface area contributed by atoms with E-state index in [1.807, 2.05) is 0 Å². The molecule has 2 aromatic rings. The molecule has 1 heterocycles. The van der Waals surface area contributed by atoms with Crippen molar-refractivity contribution in [2.45, 2.75) is 64.2 Å². The third kappa shape index (κ3) is 6.10. The third-order valence-electron chi connectivity index (χ3n) is 6.11. The Morgan fingerprint density at radius 2 is 1.58 bits per heavy atom. The molecule has 6 heteroatoms. The van der Waals surface area contributed by atoms with Crippen LogP contribution >= 0.6 is 0 Å². The van der Waals surface area contributed by atoms with Gasteiger partial charge in [0, 0.05) is 19.0 Å². The normalized spacial score (nSPS) is 20.6. The second kappa shape index (κ2) is 9.03. The average Bonchev–Trinajstić information content (AvgIpc) is 2.68. The number of carboxylic acid groups (broad SMARTS) is 1. The Bertz CT molecular complexity index is 883. The average molecular weight is 434 g/mol. The van der Waals surface area contributed by atoms with E-state index in [-0.39, 0.29) is 23.8 Å². The minimum absolute atomic E-state index is 0.0179. The molecule has 1 aliphatic rings. The van der Waals surface area contributed by atoms with Crippen molar-refractivity contribution in [2.24, 2.45) is 5.92 Å². The Kier molecular flexibility index (Phi) is 6.79. The molecule has 0 saturated carbocycles. The van der Waals surface area contributed by atoms with Crippen LogP contribution in [0.5, 0.6) is 0 Å². The highest BCUT2D eigenvalue weighted by molar-refractivity contribution is 5.67. The highest BCUT2D eigenvalue weighted by Gasteiger charge is 2.33. The predicted octanol–water partition coefficient (Wildman–Crippen LogP) is 6.43. The fraction of sp³-hybridized carbons (Fsp3) is 0.480. The van der Waals surface area contributed by atoms with Gasteiger partial charge in [-0.15, -0.1) is 0 Å². The van der Waals surface area contributed by atoms with Gasteiger partial charge in [-0.1, -0.05) is 57.2 Å². The summed E-state index contributed by atoms with van der Waals surface area (Å²) in [6.07, 6.45) is -2.89. The lowest BCUT2D eigenvalue weighted by Gasteiger charge is -2.39. The fourth-order valence-electron chi connectivity index (χ4n) is 4.29. The van der Waals surface area contributed by atoms with E-state index in [9.17, 15) is 23.1 Å². The molecule has 0 amide bonds. The van der Waals surface area contributed by atoms with Crippen LogP contribution < -0.4 is 0 Å². The number of alkyl halides is 3. The Morgan fingerprint density at radius 3 is 2.10 bits per heavy atom. The molecule has 168 valence electrons. The summed E-state index contributed by atoms with van der Waals surface area (Å²) in [4.78, 5) is 13.5. The summed E-state index contributed by atoms with van der Waals surface area (Å²) in [5.41, 5.74) is 2.58. The molecule has 0 bridgehead atoms. The van der Waals surface area contributed by atoms with Gasteiger partial charge in [-0.2, -0.15) is 13.2 Å². The van der Waals surface area contributed by atoms with Gasteiger partial charge in [0.05, 0.1) is 5.56 Å². The zero-order valence-corrected chi connectivity index (χ0v) is 18.2. The number of hydrogen-bond donors (Lipinski definition) is 1. The minimum atomic E-state index is -4.37. The molecular weight excluding hydrogens is 403 g/mol. The summed E-state index contributed by atoms with van der Waals surface area (Å²) < 4.78 is 38.9. The van der Waals surface area contributed by atoms with E-state index in [1.54, 1.807) is 0 Å². The van der Waals surface area contributed by atoms with Gasteiger partial charge in [-0.25, -0.2) is 0 Å². The highest BCUT2D eigenvalue weighted by atomic mass is 19.4. The van der Waals surface area contributed by atoms with Gasteiger partial charge in [0.25, 0.3) is 0 Å². The summed E-state index contributed by atoms with van der Waals surface area (Å²) in [6, 6.07) is 13.7. The molecular formula is C25H30F3NO2. The lowest BCUT2D eigenvalue weighted by Crippen LogP contribution is -2.37. The minimum Gasteiger partial charge on any atom is -0.481 e. The second-order valence-corrected chi connectivity index (χ2v) is 9.54. The molecule has 3 rings (SSSR count). The second-order valence-electron chi connectivity index (χ2n) is 9.54. The standard InChI is InChI=1S/C25H30F3NO2/c1-24(2,3)20-8-4-17(5-9-20)16-29-13-12-18(15-23(30)31)14-22(29)19-6-10-21(11-7-19)25(26,27)28/h4-11,18,22H,12-16H2,1-3H3,(H,30,31)/t18-,22+/m1/s1. The van der Waals surface area contributed by atoms with Crippen LogP contribution in [-0.4, -0.2) is 22.5 Å². The molecule has 2 atom stereocenters. The molecule has 3 nitrogen and oxygen atoms in total. The number of aliphatic carboxylic acids is 1. The van der Waals surface area contributed by atoms with E-state index >= 15 is 0 Å². The quantitative estimate of drug-likeness (QED) is 0.591. The Balaban J connectivity index is 1.82. The van der Waals surface area contributed by atoms with Gasteiger partial charge < -0.3 is 5.11 Å². The predicted molar refractivity (Wildman–Crippen MR) is 115 cm³/mol. The molecule has 1 aliphatic heterocycles. The van der Waals surface area contributed by atoms with Gasteiger partial charge >= 0.3 is 12.1 Å². The van der Waals surface area contributed by atoms with Crippen molar-refractivity contribution < 1.29 is 23.1 Å². The van der Waals surface area contributed by atoms with Crippen molar-refractivity contribution in [3.8, 4) is 0 Å². The van der Waals surface area contributed by atoms with Crippen LogP contribution in [0.4, 0.5) is 13.2 Å². The Hall–Kier alpha value is -2.34. The van der Waals surface area contributed by atoms with Crippen LogP contribution in [0.3, 0.4) is 0 Å². The first kappa shape index (κ1) is 23.3. The molecule has 2 aromatic carbocycles. The zero-order valence-electron chi connectivity index (χ0n) is 18.2. The number of piperidine rings is 1. The molecule has 0 aliphatic carbocycles. The van der Waals surface area contributed by atoms with Gasteiger partial charge in [0.1, 0.15) is 0 Å². The van der Waals surface area contributed by atoms with Gasteiger partial charge in [-0.3, -0.25) is 9.69 Å². The number of nitrogens with zero attached hydrogens (tertiary/aromatic N) is 1. The van der Waals surface area contributed by atoms with Crippen LogP contribution in [0, 0.1) is 5.92 Å². The molecule has 1 fully saturated rings. The summed E-state index contributed by atoms with van der Waals surface area (Å²) in [5, 5.41) is 9.20. The topological polar surface area (TPSA) is 40.5 Å². The molecule has 0 spiro atoms. The fourth-order valence-corrected chi connectivity index (χ4v) is 4.29. The summed E-state index contributed by atoms with van der Waals surface area (Å²) in [5.74, 6) is -0.813. The highest BCUT2D eigenvalue weighted by Crippen LogP contribution is 2.38. The van der Waals surface area contributed by atoms with Crippen LogP contribution in [0.1, 0.15) is 68.3 Å². The van der Waals surface area contributed by atoms with Gasteiger partial charge in [-0.05, 0) is 59.5 Å². The number of rotatable bonds is 5. The van der Waals surface area contributed by atoms with Gasteiger partial charge in [0.15, 0.2) is 0 Å². The number of hydrogen-bond acceptors (Lipinski definition) is 2. The van der Waals surface area contributed by atoms with E-state index in [1.165, 1.54) is 17.7 Å². The van der Waals surface area contributed by atoms with E-state index in [2.05, 4.69) is 49.9 Å². The van der Waals surface area contributed by atoms with Crippen molar-refractivity contribution in [3.63, 3.8) is 0 Å². The maximum atomic E-state index is 13.0. The Labute approximate surface area is 181 Å². The first-order chi connectivity index (χ1) is 14.4. The first-order valence-electron chi connectivity index (χ1n) is 10.7. The lowest BCUT2D eigenvalue weighted by molar-refractivity contribution is -0.139. The monoisotopic (exact) mass is 433 g/mol. The zero-order chi connectivity index (χ0) is 22.8. The third-order valence-corrected chi connectivity index (χ3v) is 6.11. The Morgan fingerprint density at radius 1 is 1.00 bits per heavy atom. The van der Waals surface area contributed by atoms with Crippen LogP contribution in [0.2, 0.25) is 0 Å². The van der Waals surface area contributed by atoms with E-state index in [0.29, 0.717) is 19.5 Å². The maximum Gasteiger partial charge on any atom is 0.416 e. The van der Waals surface area contributed by atoms with Crippen molar-refractivity contribution in [2.75, 3.05) is 6.54 Å². The summed E-state index contributed by atoms with van der Waals surface area (Å²) in [6.45, 7) is 7.88. The molecule has 0 aromatic heterocycles. The summed E-state index contributed by atoms with van der Waals surface area (Å²) >= 11 is 0. The number of benzene rings is 2. The van der Waals surface area contributed by atoms with Crippen molar-refractivity contribution in [1.29, 1.82) is 0 Å². The smallest absolute Gasteiger partial charge is 0.416 e. The number of carbonyl (C=O) groups is 1. The molecule has 0 radical (unpaired) electrons. The van der Waals surface area contributed by atoms with Crippen LogP contribution in [-0.2, 0) is 22.9 Å². The molecule has 31 heavy (non-hydrogen) atoms. The first-order valence-corrected chi connectivity index (χ1v) is 10.7. The van der Waals surface area contributed by atoms with Crippen LogP contribution in [0.25, 0.3) is 0 Å². The number of likely N-dealkylation sites (tertiary alicyclic amines) is 1. The lowest BCUT2D eigenvalue weighted by atomic mass is 9.84. The maximum absolute atomic E-state index is 13.0. The van der Waals surface area contributed by atoms with E-state index < -0.39 is 17.7 Å². The molecule has 1 N–H and O–H groups in total. The number of carboxylic acids is 1. The van der Waals surface area contributed by atoms with Gasteiger partial charge in [0.2, 0.25) is 0 Å². The van der Waals surface area contributed by atoms with Crippen molar-refractivity contribution in [1.82, 2.24) is 4.90 Å². The summed E-state index contributed by atoms with van der Waals surface area (Å²) in [7, 11) is 0. The number of halogens is 3. The van der Waals surface area contributed by atoms with Crippen molar-refractivity contribution in [3.05, 3.63) is 70.8 Å². The molecule has 1 saturated heterocycles. The SMILES string of the molecule is CC(C)(C)c1ccc(CN2CC[C@@H](CC(=O)O)C[C@H]2c2ccc(C(F)(F)F)cc2)cc1. The largest absolute Gasteiger partial charge is 0.481 e. The van der Waals surface area contributed by atoms with Crippen LogP contribution in [0.15, 0.2) is 48.5 Å².